The number of carboxylic acid groups (broad SMARTS) is 1. The van der Waals surface area contributed by atoms with E-state index in [1.807, 2.05) is 0 Å². The molecule has 0 bridgehead atoms. The van der Waals surface area contributed by atoms with E-state index in [0.29, 0.717) is 5.56 Å². The number of hydrogen-bond acceptors (Lipinski definition) is 4. The van der Waals surface area contributed by atoms with Crippen molar-refractivity contribution in [3.63, 3.8) is 0 Å². The lowest BCUT2D eigenvalue weighted by Gasteiger charge is -2.06. The molecule has 0 aliphatic carbocycles. The molecule has 20 heavy (non-hydrogen) atoms. The van der Waals surface area contributed by atoms with Crippen molar-refractivity contribution >= 4 is 23.4 Å². The Balaban J connectivity index is 2.35. The number of rotatable bonds is 4. The summed E-state index contributed by atoms with van der Waals surface area (Å²) in [4.78, 5) is 22.9. The quantitative estimate of drug-likeness (QED) is 0.684. The molecule has 0 unspecified atom stereocenters. The van der Waals surface area contributed by atoms with Gasteiger partial charge in [-0.2, -0.15) is 0 Å². The third-order valence-corrected chi connectivity index (χ3v) is 3.91. The van der Waals surface area contributed by atoms with Crippen molar-refractivity contribution in [2.75, 3.05) is 0 Å². The van der Waals surface area contributed by atoms with Crippen molar-refractivity contribution in [2.24, 2.45) is 0 Å². The molecular weight excluding hydrogens is 278 g/mol. The molecule has 0 saturated carbocycles. The summed E-state index contributed by atoms with van der Waals surface area (Å²) in [6.45, 7) is 1.68. The van der Waals surface area contributed by atoms with Gasteiger partial charge < -0.3 is 5.11 Å². The number of carbonyl (C=O) groups is 1. The fraction of sp³-hybridized carbons (Fsp3) is 0.0714. The zero-order chi connectivity index (χ0) is 14.7. The predicted octanol–water partition coefficient (Wildman–Crippen LogP) is 3.75. The minimum Gasteiger partial charge on any atom is -0.478 e. The van der Waals surface area contributed by atoms with Gasteiger partial charge in [-0.3, -0.25) is 10.1 Å². The fourth-order valence-corrected chi connectivity index (χ4v) is 2.72. The summed E-state index contributed by atoms with van der Waals surface area (Å²) >= 11 is 1.31. The molecule has 2 aromatic rings. The molecule has 0 radical (unpaired) electrons. The van der Waals surface area contributed by atoms with Crippen molar-refractivity contribution < 1.29 is 14.8 Å². The number of nitro groups is 1. The van der Waals surface area contributed by atoms with Crippen LogP contribution in [-0.4, -0.2) is 16.0 Å². The van der Waals surface area contributed by atoms with Crippen molar-refractivity contribution in [2.45, 2.75) is 16.7 Å². The fourth-order valence-electron chi connectivity index (χ4n) is 1.73. The minimum absolute atomic E-state index is 0.0596. The largest absolute Gasteiger partial charge is 0.478 e. The number of nitro benzene ring substituents is 1. The van der Waals surface area contributed by atoms with Crippen molar-refractivity contribution in [1.29, 1.82) is 0 Å². The Kier molecular flexibility index (Phi) is 4.05. The van der Waals surface area contributed by atoms with Crippen LogP contribution in [0, 0.1) is 17.0 Å². The van der Waals surface area contributed by atoms with Crippen LogP contribution >= 0.6 is 11.8 Å². The van der Waals surface area contributed by atoms with E-state index in [1.165, 1.54) is 23.9 Å². The summed E-state index contributed by atoms with van der Waals surface area (Å²) in [7, 11) is 0. The van der Waals surface area contributed by atoms with Crippen LogP contribution in [0.25, 0.3) is 0 Å². The molecule has 102 valence electrons. The molecule has 0 heterocycles. The van der Waals surface area contributed by atoms with E-state index in [2.05, 4.69) is 0 Å². The highest BCUT2D eigenvalue weighted by molar-refractivity contribution is 7.99. The number of carboxylic acids is 1. The summed E-state index contributed by atoms with van der Waals surface area (Å²) in [5.74, 6) is -0.997. The van der Waals surface area contributed by atoms with Gasteiger partial charge >= 0.3 is 5.97 Å². The summed E-state index contributed by atoms with van der Waals surface area (Å²) < 4.78 is 0. The second-order valence-electron chi connectivity index (χ2n) is 4.09. The highest BCUT2D eigenvalue weighted by Gasteiger charge is 2.14. The first-order valence-corrected chi connectivity index (χ1v) is 6.56. The number of benzene rings is 2. The molecule has 0 aliphatic heterocycles. The third-order valence-electron chi connectivity index (χ3n) is 2.76. The molecule has 2 aromatic carbocycles. The maximum atomic E-state index is 10.9. The summed E-state index contributed by atoms with van der Waals surface area (Å²) in [5.41, 5.74) is 0.825. The normalized spacial score (nSPS) is 10.2. The van der Waals surface area contributed by atoms with Gasteiger partial charge in [0.1, 0.15) is 0 Å². The molecule has 0 saturated heterocycles. The topological polar surface area (TPSA) is 80.4 Å². The minimum atomic E-state index is -0.997. The van der Waals surface area contributed by atoms with Crippen LogP contribution < -0.4 is 0 Å². The smallest absolute Gasteiger partial charge is 0.335 e. The third kappa shape index (κ3) is 2.97. The molecular formula is C14H11NO4S. The van der Waals surface area contributed by atoms with Crippen molar-refractivity contribution in [3.05, 3.63) is 63.7 Å². The second kappa shape index (κ2) is 5.75. The Morgan fingerprint density at radius 2 is 1.95 bits per heavy atom. The van der Waals surface area contributed by atoms with E-state index in [9.17, 15) is 14.9 Å². The molecule has 6 heteroatoms. The Hall–Kier alpha value is -2.34. The van der Waals surface area contributed by atoms with E-state index in [1.54, 1.807) is 37.3 Å². The molecule has 0 atom stereocenters. The molecule has 2 rings (SSSR count). The molecule has 0 amide bonds. The summed E-state index contributed by atoms with van der Waals surface area (Å²) in [6.07, 6.45) is 0. The monoisotopic (exact) mass is 289 g/mol. The Morgan fingerprint density at radius 3 is 2.60 bits per heavy atom. The van der Waals surface area contributed by atoms with E-state index in [-0.39, 0.29) is 11.3 Å². The van der Waals surface area contributed by atoms with Gasteiger partial charge in [-0.05, 0) is 31.2 Å². The first-order valence-electron chi connectivity index (χ1n) is 5.74. The van der Waals surface area contributed by atoms with Crippen molar-refractivity contribution in [1.82, 2.24) is 0 Å². The number of nitrogens with zero attached hydrogens (tertiary/aromatic N) is 1. The summed E-state index contributed by atoms with van der Waals surface area (Å²) in [5, 5.41) is 19.8. The SMILES string of the molecule is Cc1c(Sc2cccc(C(=O)O)c2)cccc1[N+](=O)[O-]. The van der Waals surface area contributed by atoms with Gasteiger partial charge in [-0.1, -0.05) is 23.9 Å². The Labute approximate surface area is 119 Å². The molecule has 0 aliphatic rings. The van der Waals surface area contributed by atoms with Crippen LogP contribution in [0.1, 0.15) is 15.9 Å². The predicted molar refractivity (Wildman–Crippen MR) is 75.4 cm³/mol. The second-order valence-corrected chi connectivity index (χ2v) is 5.21. The van der Waals surface area contributed by atoms with Gasteiger partial charge in [0.2, 0.25) is 0 Å². The van der Waals surface area contributed by atoms with E-state index < -0.39 is 10.9 Å². The zero-order valence-corrected chi connectivity index (χ0v) is 11.4. The van der Waals surface area contributed by atoms with Gasteiger partial charge in [0.15, 0.2) is 0 Å². The van der Waals surface area contributed by atoms with Crippen LogP contribution in [0.3, 0.4) is 0 Å². The molecule has 5 nitrogen and oxygen atoms in total. The lowest BCUT2D eigenvalue weighted by molar-refractivity contribution is -0.385. The van der Waals surface area contributed by atoms with Crippen LogP contribution in [0.15, 0.2) is 52.3 Å². The Morgan fingerprint density at radius 1 is 1.25 bits per heavy atom. The van der Waals surface area contributed by atoms with E-state index >= 15 is 0 Å². The standard InChI is InChI=1S/C14H11NO4S/c1-9-12(15(18)19)6-3-7-13(9)20-11-5-2-4-10(8-11)14(16)17/h2-8H,1H3,(H,16,17). The van der Waals surface area contributed by atoms with E-state index in [0.717, 1.165) is 9.79 Å². The molecule has 0 aromatic heterocycles. The first-order chi connectivity index (χ1) is 9.49. The highest BCUT2D eigenvalue weighted by atomic mass is 32.2. The van der Waals surface area contributed by atoms with Crippen molar-refractivity contribution in [3.8, 4) is 0 Å². The van der Waals surface area contributed by atoms with Gasteiger partial charge in [0.05, 0.1) is 10.5 Å². The van der Waals surface area contributed by atoms with Crippen LogP contribution in [0.5, 0.6) is 0 Å². The van der Waals surface area contributed by atoms with Gasteiger partial charge in [-0.25, -0.2) is 4.79 Å². The first kappa shape index (κ1) is 14.1. The summed E-state index contributed by atoms with van der Waals surface area (Å²) in [6, 6.07) is 11.3. The number of aromatic carboxylic acids is 1. The number of hydrogen-bond donors (Lipinski definition) is 1. The van der Waals surface area contributed by atoms with Gasteiger partial charge in [-0.15, -0.1) is 0 Å². The lowest BCUT2D eigenvalue weighted by atomic mass is 10.2. The Bertz CT molecular complexity index is 685. The zero-order valence-electron chi connectivity index (χ0n) is 10.6. The molecule has 0 spiro atoms. The van der Waals surface area contributed by atoms with Crippen LogP contribution in [0.4, 0.5) is 5.69 Å². The van der Waals surface area contributed by atoms with Gasteiger partial charge in [0.25, 0.3) is 5.69 Å². The van der Waals surface area contributed by atoms with E-state index in [4.69, 9.17) is 5.11 Å². The average molecular weight is 289 g/mol. The van der Waals surface area contributed by atoms with Gasteiger partial charge in [0, 0.05) is 21.4 Å². The molecule has 1 N–H and O–H groups in total. The maximum absolute atomic E-state index is 10.9. The average Bonchev–Trinajstić information content (AvgIpc) is 2.41. The highest BCUT2D eigenvalue weighted by Crippen LogP contribution is 2.34. The van der Waals surface area contributed by atoms with Crippen LogP contribution in [0.2, 0.25) is 0 Å². The lowest BCUT2D eigenvalue weighted by Crippen LogP contribution is -1.95. The van der Waals surface area contributed by atoms with Crippen LogP contribution in [-0.2, 0) is 0 Å². The molecule has 0 fully saturated rings. The maximum Gasteiger partial charge on any atom is 0.335 e.